The Morgan fingerprint density at radius 2 is 2.00 bits per heavy atom. The normalized spacial score (nSPS) is 11.5. The van der Waals surface area contributed by atoms with E-state index in [1.165, 1.54) is 16.5 Å². The number of halogens is 3. The average molecular weight is 520 g/mol. The van der Waals surface area contributed by atoms with Crippen molar-refractivity contribution < 1.29 is 0 Å². The Bertz CT molecular complexity index is 916. The van der Waals surface area contributed by atoms with Gasteiger partial charge in [0.15, 0.2) is 5.96 Å². The van der Waals surface area contributed by atoms with Crippen LogP contribution >= 0.6 is 47.2 Å². The first kappa shape index (κ1) is 21.9. The number of aromatic nitrogens is 2. The largest absolute Gasteiger partial charge is 0.361 e. The van der Waals surface area contributed by atoms with Crippen molar-refractivity contribution in [2.24, 2.45) is 12.0 Å². The van der Waals surface area contributed by atoms with E-state index in [2.05, 4.69) is 45.0 Å². The maximum absolute atomic E-state index is 6.10. The molecule has 0 saturated heterocycles. The molecule has 0 unspecified atom stereocenters. The third-order valence-electron chi connectivity index (χ3n) is 4.47. The van der Waals surface area contributed by atoms with Crippen LogP contribution in [0.25, 0.3) is 10.9 Å². The maximum atomic E-state index is 6.10. The molecule has 3 aromatic rings. The van der Waals surface area contributed by atoms with Crippen molar-refractivity contribution in [1.82, 2.24) is 20.2 Å². The fraction of sp³-hybridized carbons (Fsp3) is 0.316. The molecule has 0 spiro atoms. The summed E-state index contributed by atoms with van der Waals surface area (Å²) in [4.78, 5) is 7.58. The molecule has 0 aliphatic carbocycles. The van der Waals surface area contributed by atoms with Crippen LogP contribution < -0.4 is 10.6 Å². The minimum Gasteiger partial charge on any atom is -0.361 e. The van der Waals surface area contributed by atoms with Crippen LogP contribution in [0.2, 0.25) is 10.2 Å². The number of aliphatic imine (C=N–C) groups is 1. The molecule has 0 atom stereocenters. The average Bonchev–Trinajstić information content (AvgIpc) is 3.18. The first-order chi connectivity index (χ1) is 12.6. The summed E-state index contributed by atoms with van der Waals surface area (Å²) >= 11 is 12.1. The van der Waals surface area contributed by atoms with E-state index in [0.717, 1.165) is 31.0 Å². The summed E-state index contributed by atoms with van der Waals surface area (Å²) in [5, 5.41) is 9.04. The summed E-state index contributed by atoms with van der Waals surface area (Å²) in [6.45, 7) is 1.44. The third-order valence-corrected chi connectivity index (χ3v) is 5.31. The van der Waals surface area contributed by atoms with Crippen molar-refractivity contribution in [2.45, 2.75) is 19.4 Å². The number of para-hydroxylation sites is 1. The van der Waals surface area contributed by atoms with Gasteiger partial charge in [0.05, 0.1) is 11.6 Å². The molecule has 3 rings (SSSR count). The van der Waals surface area contributed by atoms with Crippen LogP contribution in [-0.2, 0) is 20.0 Å². The van der Waals surface area contributed by atoms with Crippen LogP contribution in [0.5, 0.6) is 0 Å². The number of fused-ring (bicyclic) bond motifs is 1. The van der Waals surface area contributed by atoms with Gasteiger partial charge in [-0.2, -0.15) is 0 Å². The third kappa shape index (κ3) is 5.33. The SMILES string of the molecule is CN=C(NCCCc1c[nH]c2ccccc12)NCc1cc(Cl)c(Cl)n1C.I. The molecule has 0 aliphatic rings. The summed E-state index contributed by atoms with van der Waals surface area (Å²) in [5.74, 6) is 0.761. The van der Waals surface area contributed by atoms with Crippen molar-refractivity contribution in [3.63, 3.8) is 0 Å². The quantitative estimate of drug-likeness (QED) is 0.191. The molecule has 2 heterocycles. The minimum absolute atomic E-state index is 0. The van der Waals surface area contributed by atoms with Crippen molar-refractivity contribution in [2.75, 3.05) is 13.6 Å². The van der Waals surface area contributed by atoms with Crippen LogP contribution in [-0.4, -0.2) is 29.1 Å². The van der Waals surface area contributed by atoms with Gasteiger partial charge in [-0.1, -0.05) is 41.4 Å². The Hall–Kier alpha value is -1.38. The lowest BCUT2D eigenvalue weighted by atomic mass is 10.1. The van der Waals surface area contributed by atoms with E-state index in [-0.39, 0.29) is 24.0 Å². The van der Waals surface area contributed by atoms with E-state index in [1.807, 2.05) is 23.7 Å². The Morgan fingerprint density at radius 3 is 2.70 bits per heavy atom. The highest BCUT2D eigenvalue weighted by molar-refractivity contribution is 14.0. The first-order valence-corrected chi connectivity index (χ1v) is 9.35. The van der Waals surface area contributed by atoms with E-state index >= 15 is 0 Å². The fourth-order valence-corrected chi connectivity index (χ4v) is 3.39. The fourth-order valence-electron chi connectivity index (χ4n) is 2.98. The molecule has 8 heteroatoms. The molecule has 2 aromatic heterocycles. The van der Waals surface area contributed by atoms with Crippen LogP contribution in [0, 0.1) is 0 Å². The smallest absolute Gasteiger partial charge is 0.191 e. The molecule has 0 amide bonds. The van der Waals surface area contributed by atoms with E-state index in [1.54, 1.807) is 7.05 Å². The monoisotopic (exact) mass is 519 g/mol. The highest BCUT2D eigenvalue weighted by Gasteiger charge is 2.09. The van der Waals surface area contributed by atoms with Gasteiger partial charge in [0, 0.05) is 43.4 Å². The van der Waals surface area contributed by atoms with Gasteiger partial charge in [0.25, 0.3) is 0 Å². The van der Waals surface area contributed by atoms with Gasteiger partial charge >= 0.3 is 0 Å². The summed E-state index contributed by atoms with van der Waals surface area (Å²) < 4.78 is 1.86. The van der Waals surface area contributed by atoms with Crippen molar-refractivity contribution in [3.05, 3.63) is 58.0 Å². The van der Waals surface area contributed by atoms with Crippen molar-refractivity contribution >= 4 is 64.0 Å². The predicted octanol–water partition coefficient (Wildman–Crippen LogP) is 4.73. The van der Waals surface area contributed by atoms with Crippen LogP contribution in [0.3, 0.4) is 0 Å². The number of aryl methyl sites for hydroxylation is 1. The predicted molar refractivity (Wildman–Crippen MR) is 126 cm³/mol. The van der Waals surface area contributed by atoms with E-state index in [4.69, 9.17) is 23.2 Å². The molecule has 0 bridgehead atoms. The number of benzene rings is 1. The molecule has 27 heavy (non-hydrogen) atoms. The van der Waals surface area contributed by atoms with Gasteiger partial charge in [-0.25, -0.2) is 0 Å². The van der Waals surface area contributed by atoms with Crippen LogP contribution in [0.4, 0.5) is 0 Å². The molecule has 146 valence electrons. The number of nitrogens with zero attached hydrogens (tertiary/aromatic N) is 2. The highest BCUT2D eigenvalue weighted by Crippen LogP contribution is 2.24. The topological polar surface area (TPSA) is 57.1 Å². The number of aromatic amines is 1. The van der Waals surface area contributed by atoms with Gasteiger partial charge < -0.3 is 20.2 Å². The number of nitrogens with one attached hydrogen (secondary N) is 3. The van der Waals surface area contributed by atoms with Crippen molar-refractivity contribution in [1.29, 1.82) is 0 Å². The molecule has 0 fully saturated rings. The standard InChI is InChI=1S/C19H23Cl2N5.HI/c1-22-19(25-12-14-10-16(20)18(21)26(14)2)23-9-5-6-13-11-24-17-8-4-3-7-15(13)17;/h3-4,7-8,10-11,24H,5-6,9,12H2,1-2H3,(H2,22,23,25);1H. The maximum Gasteiger partial charge on any atom is 0.191 e. The zero-order valence-corrected chi connectivity index (χ0v) is 19.2. The van der Waals surface area contributed by atoms with Crippen LogP contribution in [0.1, 0.15) is 17.7 Å². The van der Waals surface area contributed by atoms with E-state index < -0.39 is 0 Å². The molecule has 1 aromatic carbocycles. The number of H-pyrrole nitrogens is 1. The Balaban J connectivity index is 0.00000261. The second kappa shape index (κ2) is 10.2. The molecule has 5 nitrogen and oxygen atoms in total. The molecule has 0 saturated carbocycles. The van der Waals surface area contributed by atoms with Gasteiger partial charge in [-0.3, -0.25) is 4.99 Å². The molecule has 3 N–H and O–H groups in total. The van der Waals surface area contributed by atoms with Crippen molar-refractivity contribution in [3.8, 4) is 0 Å². The Labute approximate surface area is 186 Å². The first-order valence-electron chi connectivity index (χ1n) is 8.59. The molecular formula is C19H24Cl2IN5. The molecule has 0 aliphatic heterocycles. The summed E-state index contributed by atoms with van der Waals surface area (Å²) in [7, 11) is 3.66. The second-order valence-electron chi connectivity index (χ2n) is 6.15. The summed E-state index contributed by atoms with van der Waals surface area (Å²) in [6.07, 6.45) is 4.13. The van der Waals surface area contributed by atoms with E-state index in [9.17, 15) is 0 Å². The minimum atomic E-state index is 0. The zero-order valence-electron chi connectivity index (χ0n) is 15.4. The number of hydrogen-bond donors (Lipinski definition) is 3. The lowest BCUT2D eigenvalue weighted by molar-refractivity contribution is 0.724. The van der Waals surface area contributed by atoms with Gasteiger partial charge in [0.1, 0.15) is 5.15 Å². The molecular weight excluding hydrogens is 496 g/mol. The summed E-state index contributed by atoms with van der Waals surface area (Å²) in [5.41, 5.74) is 3.54. The van der Waals surface area contributed by atoms with Gasteiger partial charge in [0.2, 0.25) is 0 Å². The van der Waals surface area contributed by atoms with E-state index in [0.29, 0.717) is 16.7 Å². The number of guanidine groups is 1. The lowest BCUT2D eigenvalue weighted by Gasteiger charge is -2.12. The second-order valence-corrected chi connectivity index (χ2v) is 6.91. The number of rotatable bonds is 6. The highest BCUT2D eigenvalue weighted by atomic mass is 127. The Morgan fingerprint density at radius 1 is 1.22 bits per heavy atom. The van der Waals surface area contributed by atoms with Gasteiger partial charge in [-0.05, 0) is 30.5 Å². The number of hydrogen-bond acceptors (Lipinski definition) is 1. The van der Waals surface area contributed by atoms with Gasteiger partial charge in [-0.15, -0.1) is 24.0 Å². The summed E-state index contributed by atoms with van der Waals surface area (Å²) in [6, 6.07) is 10.2. The van der Waals surface area contributed by atoms with Crippen LogP contribution in [0.15, 0.2) is 41.5 Å². The Kier molecular flexibility index (Phi) is 8.31. The zero-order chi connectivity index (χ0) is 18.5. The molecule has 0 radical (unpaired) electrons. The lowest BCUT2D eigenvalue weighted by Crippen LogP contribution is -2.37.